The number of amides is 1. The monoisotopic (exact) mass is 224 g/mol. The number of carbonyl (C=O) groups excluding carboxylic acids is 1. The number of nitrogens with zero attached hydrogens (tertiary/aromatic N) is 1. The average molecular weight is 224 g/mol. The summed E-state index contributed by atoms with van der Waals surface area (Å²) in [6.45, 7) is 4.99. The molecule has 0 aromatic rings. The summed E-state index contributed by atoms with van der Waals surface area (Å²) in [4.78, 5) is 14.2. The number of fused-ring (bicyclic) bond motifs is 1. The van der Waals surface area contributed by atoms with E-state index in [0.717, 1.165) is 32.5 Å². The molecular weight excluding hydrogens is 204 g/mol. The molecule has 0 spiro atoms. The minimum atomic E-state index is -0.158. The summed E-state index contributed by atoms with van der Waals surface area (Å²) in [5.74, 6) is 0.906. The van der Waals surface area contributed by atoms with Gasteiger partial charge in [-0.05, 0) is 38.6 Å². The summed E-state index contributed by atoms with van der Waals surface area (Å²) >= 11 is 0. The number of hydrogen-bond donors (Lipinski definition) is 1. The molecule has 3 heterocycles. The zero-order chi connectivity index (χ0) is 11.1. The summed E-state index contributed by atoms with van der Waals surface area (Å²) in [5, 5.41) is 3.47. The topological polar surface area (TPSA) is 41.6 Å². The average Bonchev–Trinajstić information content (AvgIpc) is 2.89. The molecule has 0 aromatic heterocycles. The van der Waals surface area contributed by atoms with E-state index in [1.807, 2.05) is 11.8 Å². The number of nitrogens with one attached hydrogen (secondary N) is 1. The van der Waals surface area contributed by atoms with E-state index in [1.165, 1.54) is 6.42 Å². The maximum atomic E-state index is 12.2. The van der Waals surface area contributed by atoms with Crippen molar-refractivity contribution < 1.29 is 9.53 Å². The van der Waals surface area contributed by atoms with Gasteiger partial charge in [-0.25, -0.2) is 0 Å². The molecule has 0 bridgehead atoms. The van der Waals surface area contributed by atoms with Crippen molar-refractivity contribution in [2.45, 2.75) is 44.4 Å². The first-order valence-electron chi connectivity index (χ1n) is 6.41. The van der Waals surface area contributed by atoms with Crippen LogP contribution in [0.25, 0.3) is 0 Å². The summed E-state index contributed by atoms with van der Waals surface area (Å²) < 4.78 is 5.65. The lowest BCUT2D eigenvalue weighted by Gasteiger charge is -2.21. The fourth-order valence-corrected chi connectivity index (χ4v) is 3.22. The fourth-order valence-electron chi connectivity index (χ4n) is 3.22. The molecule has 4 heteroatoms. The van der Waals surface area contributed by atoms with Crippen LogP contribution in [0.3, 0.4) is 0 Å². The highest BCUT2D eigenvalue weighted by Gasteiger charge is 2.41. The van der Waals surface area contributed by atoms with E-state index in [2.05, 4.69) is 5.32 Å². The first kappa shape index (κ1) is 10.5. The number of rotatable bonds is 1. The predicted octanol–water partition coefficient (Wildman–Crippen LogP) is 0.374. The number of ether oxygens (including phenoxy) is 1. The molecule has 90 valence electrons. The van der Waals surface area contributed by atoms with Crippen LogP contribution >= 0.6 is 0 Å². The third kappa shape index (κ3) is 1.74. The van der Waals surface area contributed by atoms with E-state index in [0.29, 0.717) is 12.0 Å². The summed E-state index contributed by atoms with van der Waals surface area (Å²) in [5.41, 5.74) is 0. The van der Waals surface area contributed by atoms with Crippen molar-refractivity contribution in [2.75, 3.05) is 19.6 Å². The van der Waals surface area contributed by atoms with Crippen LogP contribution in [0.2, 0.25) is 0 Å². The molecule has 0 saturated carbocycles. The molecular formula is C12H20N2O2. The van der Waals surface area contributed by atoms with Crippen LogP contribution in [-0.2, 0) is 9.53 Å². The molecule has 4 nitrogen and oxygen atoms in total. The van der Waals surface area contributed by atoms with Gasteiger partial charge in [-0.15, -0.1) is 0 Å². The lowest BCUT2D eigenvalue weighted by molar-refractivity contribution is -0.141. The number of likely N-dealkylation sites (tertiary alicyclic amines) is 1. The van der Waals surface area contributed by atoms with Crippen molar-refractivity contribution in [1.82, 2.24) is 10.2 Å². The molecule has 0 radical (unpaired) electrons. The normalized spacial score (nSPS) is 42.7. The quantitative estimate of drug-likeness (QED) is 0.700. The second kappa shape index (κ2) is 4.00. The highest BCUT2D eigenvalue weighted by atomic mass is 16.5. The van der Waals surface area contributed by atoms with Gasteiger partial charge in [0.15, 0.2) is 0 Å². The summed E-state index contributed by atoms with van der Waals surface area (Å²) in [6.07, 6.45) is 3.24. The first-order valence-corrected chi connectivity index (χ1v) is 6.41. The van der Waals surface area contributed by atoms with E-state index in [4.69, 9.17) is 4.74 Å². The number of carbonyl (C=O) groups is 1. The highest BCUT2D eigenvalue weighted by Crippen LogP contribution is 2.27. The second-order valence-electron chi connectivity index (χ2n) is 5.37. The maximum Gasteiger partial charge on any atom is 0.251 e. The van der Waals surface area contributed by atoms with Crippen molar-refractivity contribution in [2.24, 2.45) is 5.92 Å². The van der Waals surface area contributed by atoms with Crippen molar-refractivity contribution in [3.63, 3.8) is 0 Å². The Bertz CT molecular complexity index is 283. The lowest BCUT2D eigenvalue weighted by Crippen LogP contribution is -2.40. The standard InChI is InChI=1S/C12H20N2O2/c1-8-2-3-11(16-8)12(15)14-6-9-4-5-13-10(9)7-14/h8-11,13H,2-7H2,1H3/t8?,9-,10+,11?/m0/s1. The van der Waals surface area contributed by atoms with Crippen LogP contribution in [0.15, 0.2) is 0 Å². The third-order valence-corrected chi connectivity index (χ3v) is 4.18. The van der Waals surface area contributed by atoms with Crippen molar-refractivity contribution in [3.05, 3.63) is 0 Å². The summed E-state index contributed by atoms with van der Waals surface area (Å²) in [7, 11) is 0. The Kier molecular flexibility index (Phi) is 2.64. The minimum Gasteiger partial charge on any atom is -0.365 e. The van der Waals surface area contributed by atoms with Crippen LogP contribution in [0.1, 0.15) is 26.2 Å². The first-order chi connectivity index (χ1) is 7.74. The molecule has 0 aliphatic carbocycles. The Hall–Kier alpha value is -0.610. The van der Waals surface area contributed by atoms with Gasteiger partial charge in [0.05, 0.1) is 6.10 Å². The second-order valence-corrected chi connectivity index (χ2v) is 5.37. The molecule has 0 aromatic carbocycles. The van der Waals surface area contributed by atoms with Gasteiger partial charge in [-0.2, -0.15) is 0 Å². The molecule has 16 heavy (non-hydrogen) atoms. The van der Waals surface area contributed by atoms with Crippen LogP contribution in [-0.4, -0.2) is 48.7 Å². The lowest BCUT2D eigenvalue weighted by atomic mass is 10.1. The van der Waals surface area contributed by atoms with E-state index in [9.17, 15) is 4.79 Å². The van der Waals surface area contributed by atoms with Gasteiger partial charge in [-0.3, -0.25) is 4.79 Å². The smallest absolute Gasteiger partial charge is 0.251 e. The van der Waals surface area contributed by atoms with Crippen LogP contribution in [0.4, 0.5) is 0 Å². The van der Waals surface area contributed by atoms with Gasteiger partial charge in [0.25, 0.3) is 5.91 Å². The SMILES string of the molecule is CC1CCC(C(=O)N2C[C@@H]3CCN[C@@H]3C2)O1. The van der Waals surface area contributed by atoms with Gasteiger partial charge in [0.2, 0.25) is 0 Å². The van der Waals surface area contributed by atoms with Gasteiger partial charge in [0.1, 0.15) is 6.10 Å². The third-order valence-electron chi connectivity index (χ3n) is 4.18. The van der Waals surface area contributed by atoms with E-state index in [1.54, 1.807) is 0 Å². The van der Waals surface area contributed by atoms with E-state index >= 15 is 0 Å². The molecule has 3 aliphatic heterocycles. The fraction of sp³-hybridized carbons (Fsp3) is 0.917. The molecule has 3 saturated heterocycles. The minimum absolute atomic E-state index is 0.158. The van der Waals surface area contributed by atoms with Gasteiger partial charge in [-0.1, -0.05) is 0 Å². The van der Waals surface area contributed by atoms with Crippen molar-refractivity contribution >= 4 is 5.91 Å². The molecule has 2 unspecified atom stereocenters. The van der Waals surface area contributed by atoms with Crippen molar-refractivity contribution in [3.8, 4) is 0 Å². The van der Waals surface area contributed by atoms with E-state index < -0.39 is 0 Å². The van der Waals surface area contributed by atoms with Crippen LogP contribution in [0, 0.1) is 5.92 Å². The molecule has 1 amide bonds. The Morgan fingerprint density at radius 2 is 2.19 bits per heavy atom. The largest absolute Gasteiger partial charge is 0.365 e. The van der Waals surface area contributed by atoms with Crippen LogP contribution < -0.4 is 5.32 Å². The molecule has 1 N–H and O–H groups in total. The van der Waals surface area contributed by atoms with Crippen molar-refractivity contribution in [1.29, 1.82) is 0 Å². The van der Waals surface area contributed by atoms with E-state index in [-0.39, 0.29) is 18.1 Å². The molecule has 3 rings (SSSR count). The zero-order valence-corrected chi connectivity index (χ0v) is 9.82. The van der Waals surface area contributed by atoms with Crippen LogP contribution in [0.5, 0.6) is 0 Å². The van der Waals surface area contributed by atoms with Gasteiger partial charge < -0.3 is 15.0 Å². The number of hydrogen-bond acceptors (Lipinski definition) is 3. The Morgan fingerprint density at radius 3 is 2.88 bits per heavy atom. The molecule has 3 aliphatic rings. The predicted molar refractivity (Wildman–Crippen MR) is 60.0 cm³/mol. The zero-order valence-electron chi connectivity index (χ0n) is 9.82. The Morgan fingerprint density at radius 1 is 1.31 bits per heavy atom. The highest BCUT2D eigenvalue weighted by molar-refractivity contribution is 5.81. The Balaban J connectivity index is 1.60. The van der Waals surface area contributed by atoms with Gasteiger partial charge in [0, 0.05) is 19.1 Å². The molecule has 3 fully saturated rings. The molecule has 4 atom stereocenters. The Labute approximate surface area is 96.3 Å². The maximum absolute atomic E-state index is 12.2. The van der Waals surface area contributed by atoms with Gasteiger partial charge >= 0.3 is 0 Å². The summed E-state index contributed by atoms with van der Waals surface area (Å²) in [6, 6.07) is 0.544.